The molecule has 0 heterocycles. The fourth-order valence-corrected chi connectivity index (χ4v) is 1.67. The number of nitrogens with one attached hydrogen (secondary N) is 2. The van der Waals surface area contributed by atoms with E-state index in [9.17, 15) is 4.79 Å². The molecule has 106 valence electrons. The highest BCUT2D eigenvalue weighted by molar-refractivity contribution is 6.68. The zero-order valence-electron chi connectivity index (χ0n) is 10.4. The Kier molecular flexibility index (Phi) is 6.06. The Balaban J connectivity index is 2.81. The summed E-state index contributed by atoms with van der Waals surface area (Å²) in [7, 11) is 0. The molecule has 0 saturated carbocycles. The van der Waals surface area contributed by atoms with E-state index in [4.69, 9.17) is 46.4 Å². The molecule has 7 heteroatoms. The van der Waals surface area contributed by atoms with E-state index < -0.39 is 9.96 Å². The number of alkyl halides is 3. The first-order chi connectivity index (χ1) is 8.70. The lowest BCUT2D eigenvalue weighted by Crippen LogP contribution is -2.50. The Bertz CT molecular complexity index is 428. The average molecular weight is 344 g/mol. The van der Waals surface area contributed by atoms with Crippen molar-refractivity contribution in [2.45, 2.75) is 23.8 Å². The third-order valence-corrected chi connectivity index (χ3v) is 3.20. The normalized spacial score (nSPS) is 13.2. The highest BCUT2D eigenvalue weighted by Crippen LogP contribution is 2.31. The monoisotopic (exact) mass is 342 g/mol. The lowest BCUT2D eigenvalue weighted by Gasteiger charge is -2.28. The van der Waals surface area contributed by atoms with Gasteiger partial charge in [0.25, 0.3) is 0 Å². The van der Waals surface area contributed by atoms with E-state index in [1.807, 2.05) is 0 Å². The Morgan fingerprint density at radius 3 is 2.11 bits per heavy atom. The molecule has 0 aliphatic heterocycles. The summed E-state index contributed by atoms with van der Waals surface area (Å²) in [6, 6.07) is 6.85. The quantitative estimate of drug-likeness (QED) is 0.634. The van der Waals surface area contributed by atoms with E-state index in [1.165, 1.54) is 0 Å². The number of hydrogen-bond acceptors (Lipinski definition) is 2. The minimum Gasteiger partial charge on any atom is -0.362 e. The maximum absolute atomic E-state index is 11.7. The van der Waals surface area contributed by atoms with Crippen molar-refractivity contribution in [2.75, 3.05) is 5.32 Å². The summed E-state index contributed by atoms with van der Waals surface area (Å²) in [5, 5.41) is 6.19. The van der Waals surface area contributed by atoms with Crippen molar-refractivity contribution in [3.05, 3.63) is 29.3 Å². The van der Waals surface area contributed by atoms with Crippen molar-refractivity contribution in [3.8, 4) is 0 Å². The largest absolute Gasteiger partial charge is 0.362 e. The van der Waals surface area contributed by atoms with Crippen LogP contribution in [0.5, 0.6) is 0 Å². The number of halogens is 4. The molecule has 0 fully saturated rings. The highest BCUT2D eigenvalue weighted by atomic mass is 35.6. The summed E-state index contributed by atoms with van der Waals surface area (Å²) >= 11 is 23.4. The van der Waals surface area contributed by atoms with Gasteiger partial charge in [-0.05, 0) is 24.3 Å². The van der Waals surface area contributed by atoms with E-state index >= 15 is 0 Å². The van der Waals surface area contributed by atoms with Crippen LogP contribution in [0, 0.1) is 5.92 Å². The molecule has 1 rings (SSSR count). The van der Waals surface area contributed by atoms with E-state index in [0.29, 0.717) is 10.7 Å². The standard InChI is InChI=1S/C12H14Cl4N2O/c1-7(2)10(19)18-11(12(14,15)16)17-9-5-3-8(13)4-6-9/h3-7,11,17H,1-2H3,(H,18,19)/t11-/m1/s1. The predicted molar refractivity (Wildman–Crippen MR) is 82.1 cm³/mol. The van der Waals surface area contributed by atoms with Gasteiger partial charge in [0.1, 0.15) is 6.17 Å². The van der Waals surface area contributed by atoms with Gasteiger partial charge in [0.15, 0.2) is 0 Å². The third kappa shape index (κ3) is 5.65. The predicted octanol–water partition coefficient (Wildman–Crippen LogP) is 4.22. The fraction of sp³-hybridized carbons (Fsp3) is 0.417. The summed E-state index contributed by atoms with van der Waals surface area (Å²) in [5.74, 6) is -0.417. The maximum atomic E-state index is 11.7. The lowest BCUT2D eigenvalue weighted by molar-refractivity contribution is -0.124. The zero-order valence-corrected chi connectivity index (χ0v) is 13.4. The Labute approximate surface area is 132 Å². The fourth-order valence-electron chi connectivity index (χ4n) is 1.22. The molecule has 0 aromatic heterocycles. The van der Waals surface area contributed by atoms with Gasteiger partial charge in [-0.25, -0.2) is 0 Å². The minimum atomic E-state index is -1.68. The van der Waals surface area contributed by atoms with Crippen LogP contribution >= 0.6 is 46.4 Å². The average Bonchev–Trinajstić information content (AvgIpc) is 2.29. The second-order valence-electron chi connectivity index (χ2n) is 4.29. The molecule has 0 aliphatic carbocycles. The molecule has 1 amide bonds. The number of benzene rings is 1. The van der Waals surface area contributed by atoms with Crippen molar-refractivity contribution in [1.29, 1.82) is 0 Å². The van der Waals surface area contributed by atoms with E-state index in [-0.39, 0.29) is 11.8 Å². The zero-order chi connectivity index (χ0) is 14.6. The van der Waals surface area contributed by atoms with Crippen LogP contribution in [0.3, 0.4) is 0 Å². The summed E-state index contributed by atoms with van der Waals surface area (Å²) in [6.45, 7) is 3.51. The number of carbonyl (C=O) groups excluding carboxylic acids is 1. The highest BCUT2D eigenvalue weighted by Gasteiger charge is 2.34. The summed E-state index contributed by atoms with van der Waals surface area (Å²) in [4.78, 5) is 11.7. The van der Waals surface area contributed by atoms with Gasteiger partial charge in [-0.1, -0.05) is 60.3 Å². The number of anilines is 1. The molecular weight excluding hydrogens is 330 g/mol. The molecule has 1 atom stereocenters. The molecule has 1 aromatic carbocycles. The van der Waals surface area contributed by atoms with Gasteiger partial charge in [-0.3, -0.25) is 4.79 Å². The van der Waals surface area contributed by atoms with E-state index in [0.717, 1.165) is 0 Å². The first-order valence-electron chi connectivity index (χ1n) is 5.59. The van der Waals surface area contributed by atoms with Crippen LogP contribution < -0.4 is 10.6 Å². The van der Waals surface area contributed by atoms with Gasteiger partial charge >= 0.3 is 0 Å². The molecule has 0 aliphatic rings. The second-order valence-corrected chi connectivity index (χ2v) is 7.09. The van der Waals surface area contributed by atoms with Gasteiger partial charge < -0.3 is 10.6 Å². The van der Waals surface area contributed by atoms with Crippen molar-refractivity contribution >= 4 is 58.0 Å². The van der Waals surface area contributed by atoms with E-state index in [2.05, 4.69) is 10.6 Å². The van der Waals surface area contributed by atoms with Gasteiger partial charge in [-0.2, -0.15) is 0 Å². The van der Waals surface area contributed by atoms with Crippen LogP contribution in [-0.4, -0.2) is 15.9 Å². The summed E-state index contributed by atoms with van der Waals surface area (Å²) in [5.41, 5.74) is 0.685. The molecule has 3 nitrogen and oxygen atoms in total. The van der Waals surface area contributed by atoms with Crippen LogP contribution in [0.1, 0.15) is 13.8 Å². The van der Waals surface area contributed by atoms with Crippen LogP contribution in [-0.2, 0) is 4.79 Å². The molecule has 0 unspecified atom stereocenters. The van der Waals surface area contributed by atoms with Crippen LogP contribution in [0.2, 0.25) is 5.02 Å². The van der Waals surface area contributed by atoms with Crippen LogP contribution in [0.25, 0.3) is 0 Å². The molecule has 19 heavy (non-hydrogen) atoms. The lowest BCUT2D eigenvalue weighted by atomic mass is 10.2. The maximum Gasteiger partial charge on any atom is 0.228 e. The third-order valence-electron chi connectivity index (χ3n) is 2.29. The van der Waals surface area contributed by atoms with Crippen LogP contribution in [0.4, 0.5) is 5.69 Å². The van der Waals surface area contributed by atoms with Crippen LogP contribution in [0.15, 0.2) is 24.3 Å². The SMILES string of the molecule is CC(C)C(=O)N[C@@H](Nc1ccc(Cl)cc1)C(Cl)(Cl)Cl. The molecule has 2 N–H and O–H groups in total. The summed E-state index contributed by atoms with van der Waals surface area (Å²) < 4.78 is -1.68. The first kappa shape index (κ1) is 16.7. The van der Waals surface area contributed by atoms with Gasteiger partial charge in [0.2, 0.25) is 9.70 Å². The Hall–Kier alpha value is -0.350. The molecule has 0 spiro atoms. The number of amides is 1. The first-order valence-corrected chi connectivity index (χ1v) is 7.10. The van der Waals surface area contributed by atoms with Gasteiger partial charge in [-0.15, -0.1) is 0 Å². The Morgan fingerprint density at radius 1 is 1.16 bits per heavy atom. The molecule has 1 aromatic rings. The van der Waals surface area contributed by atoms with Crippen molar-refractivity contribution in [3.63, 3.8) is 0 Å². The van der Waals surface area contributed by atoms with Crippen molar-refractivity contribution in [2.24, 2.45) is 5.92 Å². The molecule has 0 bridgehead atoms. The molecule has 0 radical (unpaired) electrons. The minimum absolute atomic E-state index is 0.207. The second kappa shape index (κ2) is 6.89. The van der Waals surface area contributed by atoms with Gasteiger partial charge in [0, 0.05) is 16.6 Å². The Morgan fingerprint density at radius 2 is 1.68 bits per heavy atom. The number of carbonyl (C=O) groups is 1. The topological polar surface area (TPSA) is 41.1 Å². The molecule has 0 saturated heterocycles. The number of rotatable bonds is 4. The van der Waals surface area contributed by atoms with Crippen molar-refractivity contribution in [1.82, 2.24) is 5.32 Å². The van der Waals surface area contributed by atoms with Gasteiger partial charge in [0.05, 0.1) is 0 Å². The van der Waals surface area contributed by atoms with E-state index in [1.54, 1.807) is 38.1 Å². The van der Waals surface area contributed by atoms with Crippen molar-refractivity contribution < 1.29 is 4.79 Å². The smallest absolute Gasteiger partial charge is 0.228 e. The number of hydrogen-bond donors (Lipinski definition) is 2. The molecular formula is C12H14Cl4N2O. The summed E-state index contributed by atoms with van der Waals surface area (Å²) in [6.07, 6.45) is -0.839.